The summed E-state index contributed by atoms with van der Waals surface area (Å²) >= 11 is 1.89. The van der Waals surface area contributed by atoms with Crippen molar-refractivity contribution in [3.05, 3.63) is 65.2 Å². The van der Waals surface area contributed by atoms with Gasteiger partial charge in [0.2, 0.25) is 5.91 Å². The van der Waals surface area contributed by atoms with E-state index in [9.17, 15) is 9.59 Å². The Balaban J connectivity index is 1.56. The number of anilines is 1. The third-order valence-corrected chi connectivity index (χ3v) is 5.33. The number of nitrogens with zero attached hydrogens (tertiary/aromatic N) is 1. The molecule has 5 nitrogen and oxygen atoms in total. The van der Waals surface area contributed by atoms with E-state index in [0.29, 0.717) is 24.2 Å². The molecule has 26 heavy (non-hydrogen) atoms. The van der Waals surface area contributed by atoms with Gasteiger partial charge in [-0.25, -0.2) is 0 Å². The molecular formula is C20H23N3O2S. The second-order valence-corrected chi connectivity index (χ2v) is 7.45. The van der Waals surface area contributed by atoms with E-state index in [4.69, 9.17) is 5.73 Å². The minimum atomic E-state index is -0.164. The summed E-state index contributed by atoms with van der Waals surface area (Å²) in [4.78, 5) is 26.5. The fourth-order valence-electron chi connectivity index (χ4n) is 2.80. The predicted molar refractivity (Wildman–Crippen MR) is 106 cm³/mol. The number of thioether (sulfide) groups is 1. The third-order valence-electron chi connectivity index (χ3n) is 4.38. The van der Waals surface area contributed by atoms with Crippen molar-refractivity contribution in [3.63, 3.8) is 0 Å². The highest BCUT2D eigenvalue weighted by Crippen LogP contribution is 2.15. The molecule has 1 heterocycles. The second-order valence-electron chi connectivity index (χ2n) is 6.22. The van der Waals surface area contributed by atoms with Gasteiger partial charge in [-0.05, 0) is 35.4 Å². The van der Waals surface area contributed by atoms with E-state index in [-0.39, 0.29) is 11.8 Å². The highest BCUT2D eigenvalue weighted by atomic mass is 32.2. The van der Waals surface area contributed by atoms with Crippen molar-refractivity contribution in [1.82, 2.24) is 4.90 Å². The maximum absolute atomic E-state index is 12.3. The summed E-state index contributed by atoms with van der Waals surface area (Å²) in [5.74, 6) is 2.04. The van der Waals surface area contributed by atoms with Crippen molar-refractivity contribution >= 4 is 29.3 Å². The standard InChI is InChI=1S/C20H23N3O2S/c21-14-16-1-5-17(6-2-16)20(25)22-18-7-3-15(4-8-18)13-19(24)23-9-11-26-12-10-23/h1-8H,9-14,21H2,(H,22,25). The molecule has 0 atom stereocenters. The smallest absolute Gasteiger partial charge is 0.255 e. The van der Waals surface area contributed by atoms with Gasteiger partial charge >= 0.3 is 0 Å². The molecule has 0 aliphatic carbocycles. The number of hydrogen-bond donors (Lipinski definition) is 2. The van der Waals surface area contributed by atoms with Crippen molar-refractivity contribution in [3.8, 4) is 0 Å². The van der Waals surface area contributed by atoms with Gasteiger partial charge in [0, 0.05) is 42.4 Å². The van der Waals surface area contributed by atoms with Crippen LogP contribution in [0.3, 0.4) is 0 Å². The Morgan fingerprint density at radius 1 is 0.962 bits per heavy atom. The fourth-order valence-corrected chi connectivity index (χ4v) is 3.70. The largest absolute Gasteiger partial charge is 0.341 e. The van der Waals surface area contributed by atoms with Crippen molar-refractivity contribution in [2.24, 2.45) is 5.73 Å². The van der Waals surface area contributed by atoms with Gasteiger partial charge in [-0.15, -0.1) is 0 Å². The van der Waals surface area contributed by atoms with Crippen LogP contribution in [0.5, 0.6) is 0 Å². The number of hydrogen-bond acceptors (Lipinski definition) is 4. The van der Waals surface area contributed by atoms with Crippen molar-refractivity contribution in [2.45, 2.75) is 13.0 Å². The number of carbonyl (C=O) groups is 2. The van der Waals surface area contributed by atoms with Gasteiger partial charge in [-0.2, -0.15) is 11.8 Å². The number of carbonyl (C=O) groups excluding carboxylic acids is 2. The van der Waals surface area contributed by atoms with Crippen LogP contribution in [0.4, 0.5) is 5.69 Å². The average molecular weight is 369 g/mol. The highest BCUT2D eigenvalue weighted by molar-refractivity contribution is 7.99. The summed E-state index contributed by atoms with van der Waals surface area (Å²) in [5, 5.41) is 2.87. The molecule has 1 aliphatic heterocycles. The van der Waals surface area contributed by atoms with Gasteiger partial charge < -0.3 is 16.0 Å². The molecule has 0 spiro atoms. The predicted octanol–water partition coefficient (Wildman–Crippen LogP) is 2.52. The minimum absolute atomic E-state index is 0.164. The van der Waals surface area contributed by atoms with Crippen LogP contribution < -0.4 is 11.1 Å². The Hall–Kier alpha value is -2.31. The van der Waals surface area contributed by atoms with Crippen LogP contribution in [0.1, 0.15) is 21.5 Å². The van der Waals surface area contributed by atoms with Crippen molar-refractivity contribution < 1.29 is 9.59 Å². The zero-order valence-electron chi connectivity index (χ0n) is 14.6. The van der Waals surface area contributed by atoms with E-state index in [1.807, 2.05) is 53.1 Å². The van der Waals surface area contributed by atoms with E-state index in [1.54, 1.807) is 12.1 Å². The monoisotopic (exact) mass is 369 g/mol. The maximum atomic E-state index is 12.3. The zero-order valence-corrected chi connectivity index (χ0v) is 15.4. The third kappa shape index (κ3) is 4.86. The summed E-state index contributed by atoms with van der Waals surface area (Å²) in [6, 6.07) is 14.7. The maximum Gasteiger partial charge on any atom is 0.255 e. The Bertz CT molecular complexity index is 754. The minimum Gasteiger partial charge on any atom is -0.341 e. The van der Waals surface area contributed by atoms with Gasteiger partial charge in [-0.3, -0.25) is 9.59 Å². The van der Waals surface area contributed by atoms with Crippen LogP contribution >= 0.6 is 11.8 Å². The van der Waals surface area contributed by atoms with Gasteiger partial charge in [-0.1, -0.05) is 24.3 Å². The topological polar surface area (TPSA) is 75.4 Å². The van der Waals surface area contributed by atoms with E-state index in [2.05, 4.69) is 5.32 Å². The van der Waals surface area contributed by atoms with Crippen molar-refractivity contribution in [1.29, 1.82) is 0 Å². The molecular weight excluding hydrogens is 346 g/mol. The van der Waals surface area contributed by atoms with E-state index in [1.165, 1.54) is 0 Å². The quantitative estimate of drug-likeness (QED) is 0.849. The Kier molecular flexibility index (Phi) is 6.30. The van der Waals surface area contributed by atoms with Crippen LogP contribution in [0, 0.1) is 0 Å². The molecule has 136 valence electrons. The summed E-state index contributed by atoms with van der Waals surface area (Å²) in [6.07, 6.45) is 0.402. The number of nitrogens with one attached hydrogen (secondary N) is 1. The molecule has 2 aromatic rings. The number of amides is 2. The number of rotatable bonds is 5. The highest BCUT2D eigenvalue weighted by Gasteiger charge is 2.16. The van der Waals surface area contributed by atoms with E-state index in [0.717, 1.165) is 35.7 Å². The zero-order chi connectivity index (χ0) is 18.4. The second kappa shape index (κ2) is 8.87. The first kappa shape index (κ1) is 18.5. The van der Waals surface area contributed by atoms with Crippen molar-refractivity contribution in [2.75, 3.05) is 29.9 Å². The first-order valence-corrected chi connectivity index (χ1v) is 9.86. The molecule has 0 aromatic heterocycles. The van der Waals surface area contributed by atoms with Gasteiger partial charge in [0.05, 0.1) is 6.42 Å². The number of nitrogens with two attached hydrogens (primary N) is 1. The molecule has 2 amide bonds. The van der Waals surface area contributed by atoms with Gasteiger partial charge in [0.1, 0.15) is 0 Å². The first-order chi connectivity index (χ1) is 12.7. The number of benzene rings is 2. The van der Waals surface area contributed by atoms with Crippen LogP contribution in [-0.4, -0.2) is 41.3 Å². The average Bonchev–Trinajstić information content (AvgIpc) is 2.70. The molecule has 3 N–H and O–H groups in total. The summed E-state index contributed by atoms with van der Waals surface area (Å²) in [5.41, 5.74) is 8.81. The van der Waals surface area contributed by atoms with Gasteiger partial charge in [0.25, 0.3) is 5.91 Å². The SMILES string of the molecule is NCc1ccc(C(=O)Nc2ccc(CC(=O)N3CCSCC3)cc2)cc1. The lowest BCUT2D eigenvalue weighted by atomic mass is 10.1. The summed E-state index contributed by atoms with van der Waals surface area (Å²) in [7, 11) is 0. The van der Waals surface area contributed by atoms with E-state index < -0.39 is 0 Å². The molecule has 1 saturated heterocycles. The van der Waals surface area contributed by atoms with Gasteiger partial charge in [0.15, 0.2) is 0 Å². The Morgan fingerprint density at radius 3 is 2.19 bits per heavy atom. The van der Waals surface area contributed by atoms with Crippen LogP contribution in [-0.2, 0) is 17.8 Å². The molecule has 0 unspecified atom stereocenters. The molecule has 3 rings (SSSR count). The molecule has 6 heteroatoms. The summed E-state index contributed by atoms with van der Waals surface area (Å²) < 4.78 is 0. The lowest BCUT2D eigenvalue weighted by Gasteiger charge is -2.26. The molecule has 1 aliphatic rings. The van der Waals surface area contributed by atoms with Crippen LogP contribution in [0.2, 0.25) is 0 Å². The molecule has 0 saturated carbocycles. The van der Waals surface area contributed by atoms with Crippen LogP contribution in [0.25, 0.3) is 0 Å². The molecule has 0 radical (unpaired) electrons. The normalized spacial score (nSPS) is 14.1. The van der Waals surface area contributed by atoms with Crippen LogP contribution in [0.15, 0.2) is 48.5 Å². The molecule has 0 bridgehead atoms. The Labute approximate surface area is 157 Å². The fraction of sp³-hybridized carbons (Fsp3) is 0.300. The lowest BCUT2D eigenvalue weighted by molar-refractivity contribution is -0.130. The summed E-state index contributed by atoms with van der Waals surface area (Å²) in [6.45, 7) is 2.12. The lowest BCUT2D eigenvalue weighted by Crippen LogP contribution is -2.38. The molecule has 2 aromatic carbocycles. The van der Waals surface area contributed by atoms with E-state index >= 15 is 0 Å². The molecule has 1 fully saturated rings. The first-order valence-electron chi connectivity index (χ1n) is 8.70. The Morgan fingerprint density at radius 2 is 1.58 bits per heavy atom.